The van der Waals surface area contributed by atoms with Gasteiger partial charge in [-0.2, -0.15) is 5.10 Å². The minimum absolute atomic E-state index is 0.0766. The number of nitrogens with one attached hydrogen (secondary N) is 1. The zero-order chi connectivity index (χ0) is 18.7. The number of likely N-dealkylation sites (tertiary alicyclic amines) is 2. The molecule has 0 spiro atoms. The smallest absolute Gasteiger partial charge is 0.272 e. The molecule has 1 unspecified atom stereocenters. The number of aryl methyl sites for hydroxylation is 2. The fourth-order valence-corrected chi connectivity index (χ4v) is 3.80. The lowest BCUT2D eigenvalue weighted by molar-refractivity contribution is -0.134. The van der Waals surface area contributed by atoms with E-state index >= 15 is 0 Å². The van der Waals surface area contributed by atoms with Crippen molar-refractivity contribution in [2.75, 3.05) is 32.7 Å². The molecule has 2 amide bonds. The van der Waals surface area contributed by atoms with Gasteiger partial charge in [0, 0.05) is 38.4 Å². The molecular formula is C19H31N5O2. The molecule has 3 heterocycles. The van der Waals surface area contributed by atoms with Crippen LogP contribution in [0, 0.1) is 12.8 Å². The van der Waals surface area contributed by atoms with Crippen LogP contribution in [0.15, 0.2) is 6.07 Å². The topological polar surface area (TPSA) is 70.5 Å². The van der Waals surface area contributed by atoms with Crippen LogP contribution in [0.5, 0.6) is 0 Å². The number of hydrogen-bond acceptors (Lipinski definition) is 4. The minimum Gasteiger partial charge on any atom is -0.347 e. The third kappa shape index (κ3) is 4.63. The van der Waals surface area contributed by atoms with Gasteiger partial charge in [0.15, 0.2) is 0 Å². The lowest BCUT2D eigenvalue weighted by Crippen LogP contribution is -2.51. The van der Waals surface area contributed by atoms with Crippen molar-refractivity contribution in [3.63, 3.8) is 0 Å². The van der Waals surface area contributed by atoms with E-state index in [0.717, 1.165) is 63.5 Å². The Balaban J connectivity index is 1.49. The Kier molecular flexibility index (Phi) is 5.96. The molecule has 144 valence electrons. The van der Waals surface area contributed by atoms with Crippen molar-refractivity contribution < 1.29 is 9.59 Å². The van der Waals surface area contributed by atoms with Crippen molar-refractivity contribution in [1.29, 1.82) is 0 Å². The molecule has 26 heavy (non-hydrogen) atoms. The summed E-state index contributed by atoms with van der Waals surface area (Å²) in [6.45, 7) is 8.06. The number of amides is 2. The Labute approximate surface area is 155 Å². The number of carbonyl (C=O) groups excluding carboxylic acids is 2. The third-order valence-corrected chi connectivity index (χ3v) is 5.68. The second kappa shape index (κ2) is 8.20. The van der Waals surface area contributed by atoms with Crippen LogP contribution in [-0.2, 0) is 11.8 Å². The molecular weight excluding hydrogens is 330 g/mol. The number of nitrogens with zero attached hydrogens (tertiary/aromatic N) is 4. The highest BCUT2D eigenvalue weighted by molar-refractivity contribution is 5.92. The van der Waals surface area contributed by atoms with Crippen LogP contribution in [0.25, 0.3) is 0 Å². The van der Waals surface area contributed by atoms with Gasteiger partial charge in [0.05, 0.1) is 6.54 Å². The Morgan fingerprint density at radius 3 is 2.62 bits per heavy atom. The Bertz CT molecular complexity index is 629. The molecule has 0 aliphatic carbocycles. The minimum atomic E-state index is -0.128. The number of rotatable bonds is 4. The highest BCUT2D eigenvalue weighted by Gasteiger charge is 2.27. The predicted molar refractivity (Wildman–Crippen MR) is 99.9 cm³/mol. The van der Waals surface area contributed by atoms with Crippen LogP contribution in [-0.4, -0.2) is 70.2 Å². The highest BCUT2D eigenvalue weighted by atomic mass is 16.2. The first-order valence-corrected chi connectivity index (χ1v) is 9.74. The van der Waals surface area contributed by atoms with E-state index in [-0.39, 0.29) is 17.9 Å². The van der Waals surface area contributed by atoms with Crippen molar-refractivity contribution in [2.24, 2.45) is 13.0 Å². The molecule has 2 aliphatic rings. The fraction of sp³-hybridized carbons (Fsp3) is 0.737. The van der Waals surface area contributed by atoms with Crippen LogP contribution in [0.1, 0.15) is 48.8 Å². The second-order valence-electron chi connectivity index (χ2n) is 7.91. The van der Waals surface area contributed by atoms with E-state index in [1.807, 2.05) is 18.9 Å². The average Bonchev–Trinajstić information content (AvgIpc) is 2.95. The first-order valence-electron chi connectivity index (χ1n) is 9.74. The standard InChI is InChI=1S/C19H31N5O2/c1-14-6-9-24(10-7-14)18(25)13-23-8-4-5-16(12-23)20-19(26)17-11-15(2)22(3)21-17/h11,14,16H,4-10,12-13H2,1-3H3,(H,20,26). The molecule has 3 rings (SSSR count). The summed E-state index contributed by atoms with van der Waals surface area (Å²) in [5, 5.41) is 7.32. The van der Waals surface area contributed by atoms with Gasteiger partial charge in [-0.3, -0.25) is 19.2 Å². The molecule has 1 aromatic heterocycles. The Morgan fingerprint density at radius 2 is 1.96 bits per heavy atom. The summed E-state index contributed by atoms with van der Waals surface area (Å²) >= 11 is 0. The second-order valence-corrected chi connectivity index (χ2v) is 7.91. The summed E-state index contributed by atoms with van der Waals surface area (Å²) < 4.78 is 1.71. The Hall–Kier alpha value is -1.89. The monoisotopic (exact) mass is 361 g/mol. The number of carbonyl (C=O) groups is 2. The van der Waals surface area contributed by atoms with Crippen molar-refractivity contribution in [3.8, 4) is 0 Å². The predicted octanol–water partition coefficient (Wildman–Crippen LogP) is 1.18. The third-order valence-electron chi connectivity index (χ3n) is 5.68. The van der Waals surface area contributed by atoms with E-state index in [9.17, 15) is 9.59 Å². The molecule has 7 heteroatoms. The molecule has 1 atom stereocenters. The van der Waals surface area contributed by atoms with Gasteiger partial charge in [0.25, 0.3) is 5.91 Å². The molecule has 1 aromatic rings. The zero-order valence-electron chi connectivity index (χ0n) is 16.2. The molecule has 1 N–H and O–H groups in total. The van der Waals surface area contributed by atoms with E-state index in [0.29, 0.717) is 12.2 Å². The summed E-state index contributed by atoms with van der Waals surface area (Å²) in [4.78, 5) is 29.1. The fourth-order valence-electron chi connectivity index (χ4n) is 3.80. The Morgan fingerprint density at radius 1 is 1.23 bits per heavy atom. The van der Waals surface area contributed by atoms with Crippen molar-refractivity contribution in [3.05, 3.63) is 17.5 Å². The van der Waals surface area contributed by atoms with E-state index < -0.39 is 0 Å². The highest BCUT2D eigenvalue weighted by Crippen LogP contribution is 2.17. The van der Waals surface area contributed by atoms with Crippen LogP contribution in [0.2, 0.25) is 0 Å². The molecule has 0 saturated carbocycles. The summed E-state index contributed by atoms with van der Waals surface area (Å²) in [6.07, 6.45) is 4.15. The summed E-state index contributed by atoms with van der Waals surface area (Å²) in [5.41, 5.74) is 1.42. The summed E-state index contributed by atoms with van der Waals surface area (Å²) in [5.74, 6) is 0.824. The molecule has 2 aliphatic heterocycles. The summed E-state index contributed by atoms with van der Waals surface area (Å²) in [7, 11) is 1.83. The van der Waals surface area contributed by atoms with Gasteiger partial charge in [-0.15, -0.1) is 0 Å². The van der Waals surface area contributed by atoms with E-state index in [2.05, 4.69) is 22.2 Å². The average molecular weight is 361 g/mol. The quantitative estimate of drug-likeness (QED) is 0.874. The SMILES string of the molecule is Cc1cc(C(=O)NC2CCCN(CC(=O)N3CCC(C)CC3)C2)nn1C. The van der Waals surface area contributed by atoms with Gasteiger partial charge >= 0.3 is 0 Å². The maximum Gasteiger partial charge on any atom is 0.272 e. The maximum absolute atomic E-state index is 12.5. The first-order chi connectivity index (χ1) is 12.4. The van der Waals surface area contributed by atoms with E-state index in [1.54, 1.807) is 10.7 Å². The number of aromatic nitrogens is 2. The lowest BCUT2D eigenvalue weighted by atomic mass is 9.99. The molecule has 0 aromatic carbocycles. The van der Waals surface area contributed by atoms with Crippen molar-refractivity contribution >= 4 is 11.8 Å². The van der Waals surface area contributed by atoms with Crippen LogP contribution < -0.4 is 5.32 Å². The van der Waals surface area contributed by atoms with Gasteiger partial charge in [-0.25, -0.2) is 0 Å². The number of piperidine rings is 2. The molecule has 7 nitrogen and oxygen atoms in total. The normalized spacial score (nSPS) is 22.4. The zero-order valence-corrected chi connectivity index (χ0v) is 16.2. The molecule has 0 radical (unpaired) electrons. The summed E-state index contributed by atoms with van der Waals surface area (Å²) in [6, 6.07) is 1.88. The van der Waals surface area contributed by atoms with E-state index in [4.69, 9.17) is 0 Å². The van der Waals surface area contributed by atoms with Gasteiger partial charge in [-0.1, -0.05) is 6.92 Å². The maximum atomic E-state index is 12.5. The first kappa shape index (κ1) is 18.9. The van der Waals surface area contributed by atoms with Gasteiger partial charge in [0.1, 0.15) is 5.69 Å². The number of hydrogen-bond donors (Lipinski definition) is 1. The largest absolute Gasteiger partial charge is 0.347 e. The van der Waals surface area contributed by atoms with Gasteiger partial charge in [-0.05, 0) is 51.1 Å². The molecule has 0 bridgehead atoms. The van der Waals surface area contributed by atoms with E-state index in [1.165, 1.54) is 0 Å². The van der Waals surface area contributed by atoms with Crippen LogP contribution in [0.3, 0.4) is 0 Å². The van der Waals surface area contributed by atoms with Gasteiger partial charge < -0.3 is 10.2 Å². The van der Waals surface area contributed by atoms with Crippen molar-refractivity contribution in [1.82, 2.24) is 24.9 Å². The van der Waals surface area contributed by atoms with Crippen molar-refractivity contribution in [2.45, 2.75) is 45.6 Å². The van der Waals surface area contributed by atoms with Crippen LogP contribution in [0.4, 0.5) is 0 Å². The molecule has 2 fully saturated rings. The van der Waals surface area contributed by atoms with Gasteiger partial charge in [0.2, 0.25) is 5.91 Å². The lowest BCUT2D eigenvalue weighted by Gasteiger charge is -2.35. The molecule has 2 saturated heterocycles. The van der Waals surface area contributed by atoms with Crippen LogP contribution >= 0.6 is 0 Å².